The van der Waals surface area contributed by atoms with Crippen LogP contribution >= 0.6 is 46.4 Å². The summed E-state index contributed by atoms with van der Waals surface area (Å²) in [7, 11) is -2.88. The Morgan fingerprint density at radius 3 is 2.07 bits per heavy atom. The average Bonchev–Trinajstić information content (AvgIpc) is 3.00. The van der Waals surface area contributed by atoms with Crippen molar-refractivity contribution in [2.45, 2.75) is 30.8 Å². The predicted molar refractivity (Wildman–Crippen MR) is 177 cm³/mol. The topological polar surface area (TPSA) is 86.8 Å². The lowest BCUT2D eigenvalue weighted by Gasteiger charge is -2.34. The Hall–Kier alpha value is -3.27. The minimum atomic E-state index is -4.35. The zero-order valence-corrected chi connectivity index (χ0v) is 27.6. The lowest BCUT2D eigenvalue weighted by Crippen LogP contribution is -2.53. The lowest BCUT2D eigenvalue weighted by molar-refractivity contribution is -0.139. The number of aryl methyl sites for hydroxylation is 1. The number of carbonyl (C=O) groups excluding carboxylic acids is 2. The van der Waals surface area contributed by atoms with Gasteiger partial charge < -0.3 is 10.2 Å². The molecule has 1 atom stereocenters. The van der Waals surface area contributed by atoms with Crippen molar-refractivity contribution >= 4 is 73.9 Å². The third-order valence-corrected chi connectivity index (χ3v) is 10.0. The van der Waals surface area contributed by atoms with Gasteiger partial charge in [0, 0.05) is 40.6 Å². The molecule has 0 aliphatic carbocycles. The van der Waals surface area contributed by atoms with E-state index in [-0.39, 0.29) is 43.6 Å². The highest BCUT2D eigenvalue weighted by Crippen LogP contribution is 2.34. The number of anilines is 1. The van der Waals surface area contributed by atoms with Crippen LogP contribution in [0.5, 0.6) is 0 Å². The summed E-state index contributed by atoms with van der Waals surface area (Å²) in [6, 6.07) is 23.6. The largest absolute Gasteiger partial charge is 0.357 e. The molecule has 0 unspecified atom stereocenters. The van der Waals surface area contributed by atoms with Gasteiger partial charge in [-0.05, 0) is 55.0 Å². The highest BCUT2D eigenvalue weighted by atomic mass is 35.5. The van der Waals surface area contributed by atoms with E-state index in [4.69, 9.17) is 46.4 Å². The van der Waals surface area contributed by atoms with Gasteiger partial charge in [0.25, 0.3) is 10.0 Å². The number of hydrogen-bond donors (Lipinski definition) is 1. The second-order valence-corrected chi connectivity index (χ2v) is 13.5. The summed E-state index contributed by atoms with van der Waals surface area (Å²) in [6.07, 6.45) is 0.136. The molecular formula is C32H29Cl4N3O4S. The molecule has 1 N–H and O–H groups in total. The highest BCUT2D eigenvalue weighted by Gasteiger charge is 2.35. The smallest absolute Gasteiger partial charge is 0.264 e. The fourth-order valence-electron chi connectivity index (χ4n) is 4.60. The van der Waals surface area contributed by atoms with E-state index in [2.05, 4.69) is 5.32 Å². The Kier molecular flexibility index (Phi) is 11.2. The van der Waals surface area contributed by atoms with Gasteiger partial charge in [0.2, 0.25) is 11.8 Å². The molecule has 12 heteroatoms. The Morgan fingerprint density at radius 2 is 1.45 bits per heavy atom. The summed E-state index contributed by atoms with van der Waals surface area (Å²) < 4.78 is 29.1. The molecule has 2 amide bonds. The molecule has 44 heavy (non-hydrogen) atoms. The molecule has 0 spiro atoms. The summed E-state index contributed by atoms with van der Waals surface area (Å²) in [5.74, 6) is -1.16. The molecule has 0 saturated heterocycles. The van der Waals surface area contributed by atoms with Crippen LogP contribution in [0.25, 0.3) is 0 Å². The van der Waals surface area contributed by atoms with Gasteiger partial charge in [0.1, 0.15) is 12.6 Å². The van der Waals surface area contributed by atoms with E-state index in [0.29, 0.717) is 5.56 Å². The first-order valence-electron chi connectivity index (χ1n) is 13.4. The molecule has 230 valence electrons. The van der Waals surface area contributed by atoms with Crippen LogP contribution in [0.2, 0.25) is 20.1 Å². The normalized spacial score (nSPS) is 12.0. The quantitative estimate of drug-likeness (QED) is 0.180. The van der Waals surface area contributed by atoms with Crippen molar-refractivity contribution in [2.75, 3.05) is 17.9 Å². The number of amides is 2. The highest BCUT2D eigenvalue weighted by molar-refractivity contribution is 7.92. The van der Waals surface area contributed by atoms with E-state index in [9.17, 15) is 18.0 Å². The SMILES string of the molecule is CNC(=O)[C@H](Cc1ccccc1)N(Cc1c(Cl)cccc1Cl)C(=O)CN(c1cc(Cl)ccc1Cl)S(=O)(=O)c1ccc(C)cc1. The van der Waals surface area contributed by atoms with Crippen LogP contribution in [0.3, 0.4) is 0 Å². The van der Waals surface area contributed by atoms with E-state index in [1.165, 1.54) is 42.3 Å². The second kappa shape index (κ2) is 14.7. The summed E-state index contributed by atoms with van der Waals surface area (Å²) in [5, 5.41) is 3.48. The molecule has 7 nitrogen and oxygen atoms in total. The van der Waals surface area contributed by atoms with Gasteiger partial charge in [-0.15, -0.1) is 0 Å². The molecule has 0 fully saturated rings. The molecule has 0 heterocycles. The maximum absolute atomic E-state index is 14.4. The van der Waals surface area contributed by atoms with Gasteiger partial charge >= 0.3 is 0 Å². The van der Waals surface area contributed by atoms with Gasteiger partial charge in [0.15, 0.2) is 0 Å². The fourth-order valence-corrected chi connectivity index (χ4v) is 6.98. The van der Waals surface area contributed by atoms with Crippen LogP contribution in [-0.2, 0) is 32.6 Å². The van der Waals surface area contributed by atoms with Gasteiger partial charge in [-0.3, -0.25) is 13.9 Å². The predicted octanol–water partition coefficient (Wildman–Crippen LogP) is 7.19. The molecule has 0 aliphatic rings. The zero-order chi connectivity index (χ0) is 32.0. The van der Waals surface area contributed by atoms with Crippen LogP contribution in [0.15, 0.2) is 95.9 Å². The summed E-state index contributed by atoms with van der Waals surface area (Å²) >= 11 is 25.8. The number of sulfonamides is 1. The number of halogens is 4. The van der Waals surface area contributed by atoms with Crippen molar-refractivity contribution in [3.05, 3.63) is 128 Å². The monoisotopic (exact) mass is 691 g/mol. The molecular weight excluding hydrogens is 664 g/mol. The Morgan fingerprint density at radius 1 is 0.818 bits per heavy atom. The van der Waals surface area contributed by atoms with Gasteiger partial charge in [-0.1, -0.05) is 100 Å². The van der Waals surface area contributed by atoms with Crippen LogP contribution in [0.1, 0.15) is 16.7 Å². The van der Waals surface area contributed by atoms with Crippen molar-refractivity contribution in [3.8, 4) is 0 Å². The van der Waals surface area contributed by atoms with Crippen molar-refractivity contribution in [1.29, 1.82) is 0 Å². The van der Waals surface area contributed by atoms with Gasteiger partial charge in [-0.25, -0.2) is 8.42 Å². The van der Waals surface area contributed by atoms with E-state index in [1.807, 2.05) is 37.3 Å². The molecule has 4 aromatic carbocycles. The number of likely N-dealkylation sites (N-methyl/N-ethyl adjacent to an activating group) is 1. The Labute approximate surface area is 277 Å². The maximum Gasteiger partial charge on any atom is 0.264 e. The summed E-state index contributed by atoms with van der Waals surface area (Å²) in [5.41, 5.74) is 2.04. The van der Waals surface area contributed by atoms with E-state index in [1.54, 1.807) is 30.3 Å². The maximum atomic E-state index is 14.4. The van der Waals surface area contributed by atoms with E-state index < -0.39 is 34.4 Å². The average molecular weight is 693 g/mol. The lowest BCUT2D eigenvalue weighted by atomic mass is 10.0. The number of carbonyl (C=O) groups is 2. The van der Waals surface area contributed by atoms with Crippen molar-refractivity contribution in [3.63, 3.8) is 0 Å². The molecule has 0 bridgehead atoms. The summed E-state index contributed by atoms with van der Waals surface area (Å²) in [6.45, 7) is 0.944. The summed E-state index contributed by atoms with van der Waals surface area (Å²) in [4.78, 5) is 29.0. The molecule has 0 radical (unpaired) electrons. The minimum absolute atomic E-state index is 0.00312. The van der Waals surface area contributed by atoms with Crippen LogP contribution < -0.4 is 9.62 Å². The first-order chi connectivity index (χ1) is 20.9. The Bertz CT molecular complexity index is 1730. The van der Waals surface area contributed by atoms with Crippen molar-refractivity contribution < 1.29 is 18.0 Å². The van der Waals surface area contributed by atoms with E-state index >= 15 is 0 Å². The Balaban J connectivity index is 1.85. The molecule has 4 rings (SSSR count). The number of nitrogens with zero attached hydrogens (tertiary/aromatic N) is 2. The third-order valence-electron chi connectivity index (χ3n) is 6.97. The van der Waals surface area contributed by atoms with Crippen molar-refractivity contribution in [2.24, 2.45) is 0 Å². The fraction of sp³-hybridized carbons (Fsp3) is 0.188. The first kappa shape index (κ1) is 33.6. The standard InChI is InChI=1S/C32H29Cl4N3O4S/c1-21-11-14-24(15-12-21)44(42,43)39(29-18-23(33)13-16-28(29)36)20-31(40)38(19-25-26(34)9-6-10-27(25)35)30(32(41)37-2)17-22-7-4-3-5-8-22/h3-16,18,30H,17,19-20H2,1-2H3,(H,37,41)/t30-/m0/s1. The minimum Gasteiger partial charge on any atom is -0.357 e. The van der Waals surface area contributed by atoms with Crippen LogP contribution in [0.4, 0.5) is 5.69 Å². The molecule has 4 aromatic rings. The zero-order valence-electron chi connectivity index (χ0n) is 23.8. The second-order valence-electron chi connectivity index (χ2n) is 9.96. The first-order valence-corrected chi connectivity index (χ1v) is 16.4. The number of hydrogen-bond acceptors (Lipinski definition) is 4. The number of nitrogens with one attached hydrogen (secondary N) is 1. The third kappa shape index (κ3) is 7.86. The number of rotatable bonds is 11. The van der Waals surface area contributed by atoms with Crippen LogP contribution in [0, 0.1) is 6.92 Å². The molecule has 0 saturated carbocycles. The van der Waals surface area contributed by atoms with Gasteiger partial charge in [0.05, 0.1) is 15.6 Å². The van der Waals surface area contributed by atoms with E-state index in [0.717, 1.165) is 15.4 Å². The molecule has 0 aromatic heterocycles. The van der Waals surface area contributed by atoms with Crippen molar-refractivity contribution in [1.82, 2.24) is 10.2 Å². The van der Waals surface area contributed by atoms with Gasteiger partial charge in [-0.2, -0.15) is 0 Å². The van der Waals surface area contributed by atoms with Crippen LogP contribution in [-0.4, -0.2) is 44.8 Å². The number of benzene rings is 4. The molecule has 0 aliphatic heterocycles.